The van der Waals surface area contributed by atoms with Gasteiger partial charge in [-0.15, -0.1) is 12.6 Å². The Morgan fingerprint density at radius 3 is 2.75 bits per heavy atom. The summed E-state index contributed by atoms with van der Waals surface area (Å²) in [4.78, 5) is 11.1. The van der Waals surface area contributed by atoms with Crippen LogP contribution in [0.15, 0.2) is 23.1 Å². The number of aromatic hydroxyl groups is 1. The van der Waals surface area contributed by atoms with E-state index in [0.29, 0.717) is 10.5 Å². The van der Waals surface area contributed by atoms with Crippen molar-refractivity contribution in [2.45, 2.75) is 17.7 Å². The monoisotopic (exact) mass is 182 g/mol. The van der Waals surface area contributed by atoms with Crippen LogP contribution in [0.25, 0.3) is 0 Å². The summed E-state index contributed by atoms with van der Waals surface area (Å²) in [5.41, 5.74) is 0.593. The van der Waals surface area contributed by atoms with Gasteiger partial charge in [0.25, 0.3) is 0 Å². The van der Waals surface area contributed by atoms with Gasteiger partial charge in [-0.2, -0.15) is 0 Å². The van der Waals surface area contributed by atoms with Crippen LogP contribution in [-0.2, 0) is 4.79 Å². The Morgan fingerprint density at radius 2 is 2.25 bits per heavy atom. The number of carbonyl (C=O) groups excluding carboxylic acids is 1. The van der Waals surface area contributed by atoms with Gasteiger partial charge in [-0.25, -0.2) is 0 Å². The van der Waals surface area contributed by atoms with Crippen molar-refractivity contribution in [3.05, 3.63) is 23.8 Å². The van der Waals surface area contributed by atoms with E-state index in [1.807, 2.05) is 0 Å². The molecule has 1 rings (SSSR count). The van der Waals surface area contributed by atoms with Crippen LogP contribution in [0.5, 0.6) is 5.75 Å². The standard InChI is InChI=1S/C9H10O2S/c1-6(5-10)9-7(11)3-2-4-8(9)12/h2-6,11-12H,1H3. The van der Waals surface area contributed by atoms with Crippen LogP contribution < -0.4 is 0 Å². The van der Waals surface area contributed by atoms with E-state index in [-0.39, 0.29) is 11.7 Å². The average molecular weight is 182 g/mol. The van der Waals surface area contributed by atoms with E-state index in [1.54, 1.807) is 25.1 Å². The number of hydrogen-bond acceptors (Lipinski definition) is 3. The Bertz CT molecular complexity index is 276. The van der Waals surface area contributed by atoms with Gasteiger partial charge < -0.3 is 9.90 Å². The Kier molecular flexibility index (Phi) is 2.76. The predicted octanol–water partition coefficient (Wildman–Crippen LogP) is 1.98. The maximum atomic E-state index is 10.5. The van der Waals surface area contributed by atoms with Crippen LogP contribution in [0.1, 0.15) is 18.4 Å². The minimum Gasteiger partial charge on any atom is -0.508 e. The van der Waals surface area contributed by atoms with Crippen LogP contribution in [0.3, 0.4) is 0 Å². The summed E-state index contributed by atoms with van der Waals surface area (Å²) in [6, 6.07) is 4.99. The van der Waals surface area contributed by atoms with Crippen molar-refractivity contribution in [2.24, 2.45) is 0 Å². The first-order chi connectivity index (χ1) is 5.66. The van der Waals surface area contributed by atoms with Gasteiger partial charge in [-0.1, -0.05) is 13.0 Å². The molecule has 0 amide bonds. The van der Waals surface area contributed by atoms with Crippen molar-refractivity contribution in [2.75, 3.05) is 0 Å². The number of hydrogen-bond donors (Lipinski definition) is 2. The van der Waals surface area contributed by atoms with Crippen molar-refractivity contribution in [3.63, 3.8) is 0 Å². The normalized spacial score (nSPS) is 12.5. The highest BCUT2D eigenvalue weighted by Gasteiger charge is 2.11. The molecule has 0 saturated heterocycles. The Hall–Kier alpha value is -0.960. The summed E-state index contributed by atoms with van der Waals surface area (Å²) >= 11 is 4.14. The lowest BCUT2D eigenvalue weighted by Gasteiger charge is -2.09. The second-order valence-electron chi connectivity index (χ2n) is 2.63. The number of aldehydes is 1. The van der Waals surface area contributed by atoms with Crippen LogP contribution >= 0.6 is 12.6 Å². The molecule has 3 heteroatoms. The molecule has 0 heterocycles. The average Bonchev–Trinajstić information content (AvgIpc) is 2.03. The number of benzene rings is 1. The summed E-state index contributed by atoms with van der Waals surface area (Å²) in [6.45, 7) is 1.72. The summed E-state index contributed by atoms with van der Waals surface area (Å²) in [7, 11) is 0. The lowest BCUT2D eigenvalue weighted by Crippen LogP contribution is -1.96. The Morgan fingerprint density at radius 1 is 1.58 bits per heavy atom. The van der Waals surface area contributed by atoms with Crippen LogP contribution in [0, 0.1) is 0 Å². The second kappa shape index (κ2) is 3.63. The van der Waals surface area contributed by atoms with Crippen LogP contribution in [0.4, 0.5) is 0 Å². The number of phenolic OH excluding ortho intramolecular Hbond substituents is 1. The molecule has 1 aromatic carbocycles. The first-order valence-electron chi connectivity index (χ1n) is 3.63. The van der Waals surface area contributed by atoms with Gasteiger partial charge in [0.05, 0.1) is 0 Å². The molecule has 12 heavy (non-hydrogen) atoms. The molecule has 2 nitrogen and oxygen atoms in total. The third-order valence-corrected chi connectivity index (χ3v) is 2.11. The first-order valence-corrected chi connectivity index (χ1v) is 4.07. The lowest BCUT2D eigenvalue weighted by molar-refractivity contribution is -0.108. The zero-order valence-electron chi connectivity index (χ0n) is 6.69. The summed E-state index contributed by atoms with van der Waals surface area (Å²) in [5.74, 6) is -0.180. The smallest absolute Gasteiger partial charge is 0.127 e. The minimum absolute atomic E-state index is 0.127. The van der Waals surface area contributed by atoms with Crippen LogP contribution in [-0.4, -0.2) is 11.4 Å². The van der Waals surface area contributed by atoms with Crippen molar-refractivity contribution in [3.8, 4) is 5.75 Å². The van der Waals surface area contributed by atoms with Crippen molar-refractivity contribution < 1.29 is 9.90 Å². The van der Waals surface area contributed by atoms with Gasteiger partial charge >= 0.3 is 0 Å². The van der Waals surface area contributed by atoms with E-state index in [9.17, 15) is 9.90 Å². The van der Waals surface area contributed by atoms with E-state index in [4.69, 9.17) is 0 Å². The molecule has 0 aliphatic carbocycles. The highest BCUT2D eigenvalue weighted by atomic mass is 32.1. The Labute approximate surface area is 76.6 Å². The van der Waals surface area contributed by atoms with Gasteiger partial charge in [-0.05, 0) is 12.1 Å². The zero-order valence-corrected chi connectivity index (χ0v) is 7.58. The second-order valence-corrected chi connectivity index (χ2v) is 3.12. The van der Waals surface area contributed by atoms with E-state index in [0.717, 1.165) is 6.29 Å². The molecule has 0 saturated carbocycles. The van der Waals surface area contributed by atoms with Gasteiger partial charge in [-0.3, -0.25) is 0 Å². The van der Waals surface area contributed by atoms with Crippen molar-refractivity contribution in [1.29, 1.82) is 0 Å². The number of thiol groups is 1. The van der Waals surface area contributed by atoms with Crippen molar-refractivity contribution in [1.82, 2.24) is 0 Å². The molecular weight excluding hydrogens is 172 g/mol. The molecule has 0 spiro atoms. The van der Waals surface area contributed by atoms with Gasteiger partial charge in [0.2, 0.25) is 0 Å². The number of phenols is 1. The molecular formula is C9H10O2S. The topological polar surface area (TPSA) is 37.3 Å². The maximum absolute atomic E-state index is 10.5. The van der Waals surface area contributed by atoms with E-state index < -0.39 is 0 Å². The molecule has 0 aromatic heterocycles. The molecule has 0 radical (unpaired) electrons. The van der Waals surface area contributed by atoms with E-state index >= 15 is 0 Å². The maximum Gasteiger partial charge on any atom is 0.127 e. The molecule has 0 fully saturated rings. The highest BCUT2D eigenvalue weighted by molar-refractivity contribution is 7.80. The third-order valence-electron chi connectivity index (χ3n) is 1.72. The highest BCUT2D eigenvalue weighted by Crippen LogP contribution is 2.29. The molecule has 1 N–H and O–H groups in total. The molecule has 1 unspecified atom stereocenters. The van der Waals surface area contributed by atoms with E-state index in [2.05, 4.69) is 12.6 Å². The summed E-state index contributed by atoms with van der Waals surface area (Å²) in [6.07, 6.45) is 0.786. The molecule has 0 aliphatic heterocycles. The molecule has 0 bridgehead atoms. The summed E-state index contributed by atoms with van der Waals surface area (Å²) < 4.78 is 0. The fourth-order valence-electron chi connectivity index (χ4n) is 1.08. The molecule has 1 aromatic rings. The van der Waals surface area contributed by atoms with E-state index in [1.165, 1.54) is 0 Å². The predicted molar refractivity (Wildman–Crippen MR) is 49.8 cm³/mol. The van der Waals surface area contributed by atoms with Crippen LogP contribution in [0.2, 0.25) is 0 Å². The molecule has 64 valence electrons. The van der Waals surface area contributed by atoms with Gasteiger partial charge in [0.15, 0.2) is 0 Å². The Balaban J connectivity index is 3.20. The SMILES string of the molecule is CC(C=O)c1c(O)cccc1S. The zero-order chi connectivity index (χ0) is 9.14. The minimum atomic E-state index is -0.307. The quantitative estimate of drug-likeness (QED) is 0.542. The number of rotatable bonds is 2. The van der Waals surface area contributed by atoms with Gasteiger partial charge in [0.1, 0.15) is 12.0 Å². The summed E-state index contributed by atoms with van der Waals surface area (Å²) in [5, 5.41) is 9.39. The lowest BCUT2D eigenvalue weighted by atomic mass is 10.0. The molecule has 0 aliphatic rings. The fourth-order valence-corrected chi connectivity index (χ4v) is 1.48. The number of carbonyl (C=O) groups is 1. The third kappa shape index (κ3) is 1.61. The fraction of sp³-hybridized carbons (Fsp3) is 0.222. The van der Waals surface area contributed by atoms with Gasteiger partial charge in [0, 0.05) is 16.4 Å². The van der Waals surface area contributed by atoms with Crippen molar-refractivity contribution >= 4 is 18.9 Å². The molecule has 1 atom stereocenters. The first kappa shape index (κ1) is 9.13. The largest absolute Gasteiger partial charge is 0.508 e.